The van der Waals surface area contributed by atoms with Gasteiger partial charge >= 0.3 is 0 Å². The van der Waals surface area contributed by atoms with Gasteiger partial charge in [-0.1, -0.05) is 0 Å². The van der Waals surface area contributed by atoms with Crippen LogP contribution in [0.3, 0.4) is 0 Å². The number of hydrogen-bond donors (Lipinski definition) is 2. The topological polar surface area (TPSA) is 60.0 Å². The van der Waals surface area contributed by atoms with Crippen molar-refractivity contribution >= 4 is 0 Å². The molecule has 0 bridgehead atoms. The second-order valence-electron chi connectivity index (χ2n) is 4.16. The highest BCUT2D eigenvalue weighted by atomic mass is 16.5. The quantitative estimate of drug-likeness (QED) is 0.753. The molecule has 108 valence electrons. The molecule has 19 heavy (non-hydrogen) atoms. The Kier molecular flexibility index (Phi) is 6.45. The van der Waals surface area contributed by atoms with Gasteiger partial charge in [-0.25, -0.2) is 0 Å². The van der Waals surface area contributed by atoms with Crippen LogP contribution in [-0.2, 0) is 0 Å². The summed E-state index contributed by atoms with van der Waals surface area (Å²) in [5.41, 5.74) is 0.996. The van der Waals surface area contributed by atoms with Gasteiger partial charge in [0.2, 0.25) is 0 Å². The summed E-state index contributed by atoms with van der Waals surface area (Å²) < 4.78 is 16.0. The van der Waals surface area contributed by atoms with Crippen LogP contribution in [0.25, 0.3) is 0 Å². The second-order valence-corrected chi connectivity index (χ2v) is 4.16. The molecule has 0 aliphatic carbocycles. The monoisotopic (exact) mass is 269 g/mol. The van der Waals surface area contributed by atoms with Crippen LogP contribution < -0.4 is 19.5 Å². The van der Waals surface area contributed by atoms with E-state index in [4.69, 9.17) is 19.3 Å². The van der Waals surface area contributed by atoms with Crippen molar-refractivity contribution in [2.24, 2.45) is 0 Å². The van der Waals surface area contributed by atoms with Gasteiger partial charge in [-0.15, -0.1) is 0 Å². The van der Waals surface area contributed by atoms with Crippen molar-refractivity contribution in [3.63, 3.8) is 0 Å². The van der Waals surface area contributed by atoms with E-state index in [1.807, 2.05) is 19.2 Å². The summed E-state index contributed by atoms with van der Waals surface area (Å²) in [6.07, 6.45) is 1.54. The van der Waals surface area contributed by atoms with Crippen LogP contribution in [0, 0.1) is 0 Å². The average Bonchev–Trinajstić information content (AvgIpc) is 2.47. The van der Waals surface area contributed by atoms with E-state index in [1.165, 1.54) is 0 Å². The fourth-order valence-corrected chi connectivity index (χ4v) is 2.08. The molecule has 5 heteroatoms. The Labute approximate surface area is 114 Å². The van der Waals surface area contributed by atoms with Gasteiger partial charge in [-0.05, 0) is 26.0 Å². The molecule has 1 atom stereocenters. The van der Waals surface area contributed by atoms with E-state index in [0.717, 1.165) is 24.2 Å². The van der Waals surface area contributed by atoms with Gasteiger partial charge < -0.3 is 24.6 Å². The minimum atomic E-state index is 0.0990. The van der Waals surface area contributed by atoms with E-state index in [0.29, 0.717) is 11.5 Å². The Morgan fingerprint density at radius 2 is 1.63 bits per heavy atom. The molecule has 1 unspecified atom stereocenters. The highest BCUT2D eigenvalue weighted by Gasteiger charge is 2.18. The minimum Gasteiger partial charge on any atom is -0.496 e. The second kappa shape index (κ2) is 7.86. The van der Waals surface area contributed by atoms with E-state index < -0.39 is 0 Å². The van der Waals surface area contributed by atoms with E-state index in [-0.39, 0.29) is 12.6 Å². The first-order valence-corrected chi connectivity index (χ1v) is 6.29. The maximum Gasteiger partial charge on any atom is 0.164 e. The third-order valence-corrected chi connectivity index (χ3v) is 3.11. The van der Waals surface area contributed by atoms with Crippen molar-refractivity contribution in [2.45, 2.75) is 18.9 Å². The molecule has 2 N–H and O–H groups in total. The van der Waals surface area contributed by atoms with E-state index in [2.05, 4.69) is 5.32 Å². The van der Waals surface area contributed by atoms with E-state index in [1.54, 1.807) is 21.3 Å². The molecule has 0 fully saturated rings. The van der Waals surface area contributed by atoms with E-state index >= 15 is 0 Å². The lowest BCUT2D eigenvalue weighted by Crippen LogP contribution is -2.18. The Hall–Kier alpha value is -1.46. The normalized spacial score (nSPS) is 12.1. The first kappa shape index (κ1) is 15.6. The first-order chi connectivity index (χ1) is 9.21. The van der Waals surface area contributed by atoms with Crippen LogP contribution >= 0.6 is 0 Å². The van der Waals surface area contributed by atoms with Crippen molar-refractivity contribution in [1.29, 1.82) is 0 Å². The fourth-order valence-electron chi connectivity index (χ4n) is 2.08. The van der Waals surface area contributed by atoms with Crippen LogP contribution in [0.2, 0.25) is 0 Å². The number of ether oxygens (including phenoxy) is 3. The van der Waals surface area contributed by atoms with Gasteiger partial charge in [-0.3, -0.25) is 0 Å². The lowest BCUT2D eigenvalue weighted by molar-refractivity contribution is 0.275. The van der Waals surface area contributed by atoms with Crippen molar-refractivity contribution in [3.8, 4) is 17.2 Å². The van der Waals surface area contributed by atoms with Gasteiger partial charge in [-0.2, -0.15) is 0 Å². The molecule has 0 radical (unpaired) electrons. The lowest BCUT2D eigenvalue weighted by atomic mass is 10.0. The molecule has 0 saturated heterocycles. The molecule has 5 nitrogen and oxygen atoms in total. The van der Waals surface area contributed by atoms with Gasteiger partial charge in [0.25, 0.3) is 0 Å². The predicted octanol–water partition coefficient (Wildman–Crippen LogP) is 1.75. The summed E-state index contributed by atoms with van der Waals surface area (Å²) in [6, 6.07) is 3.83. The lowest BCUT2D eigenvalue weighted by Gasteiger charge is -2.21. The van der Waals surface area contributed by atoms with Crippen LogP contribution in [-0.4, -0.2) is 40.1 Å². The Morgan fingerprint density at radius 1 is 1.05 bits per heavy atom. The standard InChI is InChI=1S/C14H23NO4/c1-15-11(6-5-7-16)10-8-13(18-3)14(19-4)9-12(10)17-2/h8-9,11,15-16H,5-7H2,1-4H3. The summed E-state index contributed by atoms with van der Waals surface area (Å²) in [5, 5.41) is 12.2. The molecule has 1 rings (SSSR count). The smallest absolute Gasteiger partial charge is 0.164 e. The van der Waals surface area contributed by atoms with Gasteiger partial charge in [0, 0.05) is 24.3 Å². The summed E-state index contributed by atoms with van der Waals surface area (Å²) >= 11 is 0. The van der Waals surface area contributed by atoms with Crippen LogP contribution in [0.1, 0.15) is 24.4 Å². The van der Waals surface area contributed by atoms with Crippen molar-refractivity contribution in [2.75, 3.05) is 35.0 Å². The number of methoxy groups -OCH3 is 3. The molecule has 1 aromatic carbocycles. The molecule has 0 saturated carbocycles. The minimum absolute atomic E-state index is 0.0990. The van der Waals surface area contributed by atoms with Gasteiger partial charge in [0.15, 0.2) is 11.5 Å². The maximum absolute atomic E-state index is 8.96. The number of aliphatic hydroxyl groups is 1. The molecule has 0 aliphatic heterocycles. The Morgan fingerprint density at radius 3 is 2.11 bits per heavy atom. The van der Waals surface area contributed by atoms with Crippen molar-refractivity contribution in [1.82, 2.24) is 5.32 Å². The molecule has 0 amide bonds. The van der Waals surface area contributed by atoms with Crippen LogP contribution in [0.5, 0.6) is 17.2 Å². The largest absolute Gasteiger partial charge is 0.496 e. The summed E-state index contributed by atoms with van der Waals surface area (Å²) in [4.78, 5) is 0. The Balaban J connectivity index is 3.15. The number of nitrogens with one attached hydrogen (secondary N) is 1. The van der Waals surface area contributed by atoms with Crippen LogP contribution in [0.4, 0.5) is 0 Å². The summed E-state index contributed by atoms with van der Waals surface area (Å²) in [5.74, 6) is 2.05. The number of aliphatic hydroxyl groups excluding tert-OH is 1. The molecule has 1 aromatic rings. The zero-order valence-corrected chi connectivity index (χ0v) is 12.0. The zero-order chi connectivity index (χ0) is 14.3. The van der Waals surface area contributed by atoms with Crippen molar-refractivity contribution < 1.29 is 19.3 Å². The molecule has 0 spiro atoms. The van der Waals surface area contributed by atoms with Gasteiger partial charge in [0.05, 0.1) is 21.3 Å². The average molecular weight is 269 g/mol. The van der Waals surface area contributed by atoms with Crippen molar-refractivity contribution in [3.05, 3.63) is 17.7 Å². The molecule has 0 aliphatic rings. The molecule has 0 aromatic heterocycles. The highest BCUT2D eigenvalue weighted by molar-refractivity contribution is 5.51. The third kappa shape index (κ3) is 3.75. The maximum atomic E-state index is 8.96. The first-order valence-electron chi connectivity index (χ1n) is 6.29. The number of hydrogen-bond acceptors (Lipinski definition) is 5. The Bertz CT molecular complexity index is 395. The third-order valence-electron chi connectivity index (χ3n) is 3.11. The number of benzene rings is 1. The van der Waals surface area contributed by atoms with Gasteiger partial charge in [0.1, 0.15) is 5.75 Å². The highest BCUT2D eigenvalue weighted by Crippen LogP contribution is 2.38. The predicted molar refractivity (Wildman–Crippen MR) is 74.2 cm³/mol. The molecular formula is C14H23NO4. The molecular weight excluding hydrogens is 246 g/mol. The SMILES string of the molecule is CNC(CCCO)c1cc(OC)c(OC)cc1OC. The summed E-state index contributed by atoms with van der Waals surface area (Å²) in [7, 11) is 6.72. The van der Waals surface area contributed by atoms with E-state index in [9.17, 15) is 0 Å². The zero-order valence-electron chi connectivity index (χ0n) is 12.0. The fraction of sp³-hybridized carbons (Fsp3) is 0.571. The molecule has 0 heterocycles. The summed E-state index contributed by atoms with van der Waals surface area (Å²) in [6.45, 7) is 0.174. The number of rotatable bonds is 8. The van der Waals surface area contributed by atoms with Crippen LogP contribution in [0.15, 0.2) is 12.1 Å².